The van der Waals surface area contributed by atoms with Crippen molar-refractivity contribution in [1.82, 2.24) is 15.0 Å². The standard InChI is InChI=1S/C37H23N3O/c1-3-11-33-31(9-1)35-36(40-33)32-10-2-4-12-34(32)41-37(35)25-15-13-24(14-16-25)28-19-29(26-7-5-17-38-22-26)21-30(20-28)27-8-6-18-39-23-27/h1-23H. The molecular formula is C37H23N3O. The molecule has 0 saturated heterocycles. The average Bonchev–Trinajstić information content (AvgIpc) is 3.45. The molecule has 0 bridgehead atoms. The Morgan fingerprint density at radius 2 is 1.05 bits per heavy atom. The Morgan fingerprint density at radius 3 is 1.71 bits per heavy atom. The van der Waals surface area contributed by atoms with E-state index in [1.807, 2.05) is 48.8 Å². The van der Waals surface area contributed by atoms with Crippen molar-refractivity contribution in [3.05, 3.63) is 140 Å². The van der Waals surface area contributed by atoms with E-state index in [9.17, 15) is 0 Å². The van der Waals surface area contributed by atoms with E-state index in [1.54, 1.807) is 12.4 Å². The molecule has 4 aromatic carbocycles. The number of rotatable bonds is 4. The third-order valence-corrected chi connectivity index (χ3v) is 7.63. The Morgan fingerprint density at radius 1 is 0.463 bits per heavy atom. The van der Waals surface area contributed by atoms with Gasteiger partial charge >= 0.3 is 0 Å². The zero-order chi connectivity index (χ0) is 27.2. The summed E-state index contributed by atoms with van der Waals surface area (Å²) in [5, 5.41) is 2.12. The van der Waals surface area contributed by atoms with Crippen molar-refractivity contribution in [1.29, 1.82) is 0 Å². The van der Waals surface area contributed by atoms with Gasteiger partial charge in [-0.05, 0) is 70.8 Å². The van der Waals surface area contributed by atoms with Gasteiger partial charge in [0.05, 0.1) is 16.8 Å². The van der Waals surface area contributed by atoms with Crippen LogP contribution in [0.4, 0.5) is 0 Å². The van der Waals surface area contributed by atoms with Gasteiger partial charge in [0.2, 0.25) is 0 Å². The lowest BCUT2D eigenvalue weighted by Gasteiger charge is -2.13. The minimum Gasteiger partial charge on any atom is -0.455 e. The van der Waals surface area contributed by atoms with Gasteiger partial charge in [0.1, 0.15) is 11.3 Å². The number of hydrogen-bond donors (Lipinski definition) is 0. The van der Waals surface area contributed by atoms with Crippen molar-refractivity contribution >= 4 is 21.9 Å². The highest BCUT2D eigenvalue weighted by atomic mass is 16.3. The molecule has 4 heterocycles. The summed E-state index contributed by atoms with van der Waals surface area (Å²) in [6.45, 7) is 0. The van der Waals surface area contributed by atoms with E-state index in [-0.39, 0.29) is 0 Å². The summed E-state index contributed by atoms with van der Waals surface area (Å²) in [5.41, 5.74) is 11.4. The van der Waals surface area contributed by atoms with Crippen LogP contribution in [-0.2, 0) is 0 Å². The lowest BCUT2D eigenvalue weighted by Crippen LogP contribution is -1.89. The third kappa shape index (κ3) is 4.05. The Balaban J connectivity index is 1.28. The molecule has 0 fully saturated rings. The van der Waals surface area contributed by atoms with E-state index >= 15 is 0 Å². The lowest BCUT2D eigenvalue weighted by atomic mass is 9.93. The molecule has 6 aromatic rings. The van der Waals surface area contributed by atoms with Crippen LogP contribution in [0.25, 0.3) is 77.8 Å². The van der Waals surface area contributed by atoms with Gasteiger partial charge in [0, 0.05) is 52.3 Å². The van der Waals surface area contributed by atoms with E-state index in [0.29, 0.717) is 0 Å². The Labute approximate surface area is 237 Å². The van der Waals surface area contributed by atoms with Gasteiger partial charge in [-0.3, -0.25) is 9.97 Å². The number of nitrogens with zero attached hydrogens (tertiary/aromatic N) is 3. The minimum atomic E-state index is 0.826. The van der Waals surface area contributed by atoms with E-state index in [0.717, 1.165) is 77.8 Å². The van der Waals surface area contributed by atoms with Gasteiger partial charge in [0.15, 0.2) is 0 Å². The zero-order valence-electron chi connectivity index (χ0n) is 22.0. The van der Waals surface area contributed by atoms with Crippen LogP contribution in [-0.4, -0.2) is 15.0 Å². The molecule has 8 rings (SSSR count). The molecule has 0 atom stereocenters. The van der Waals surface area contributed by atoms with Crippen LogP contribution in [0, 0.1) is 0 Å². The summed E-state index contributed by atoms with van der Waals surface area (Å²) in [5.74, 6) is 0.833. The van der Waals surface area contributed by atoms with Crippen molar-refractivity contribution in [2.75, 3.05) is 0 Å². The van der Waals surface area contributed by atoms with E-state index in [4.69, 9.17) is 9.40 Å². The fourth-order valence-corrected chi connectivity index (χ4v) is 5.64. The molecule has 192 valence electrons. The second kappa shape index (κ2) is 9.54. The fourth-order valence-electron chi connectivity index (χ4n) is 5.64. The largest absolute Gasteiger partial charge is 0.455 e. The van der Waals surface area contributed by atoms with Gasteiger partial charge in [-0.1, -0.05) is 66.7 Å². The smallest absolute Gasteiger partial charge is 0.144 e. The van der Waals surface area contributed by atoms with E-state index in [1.165, 1.54) is 0 Å². The zero-order valence-corrected chi connectivity index (χ0v) is 22.0. The lowest BCUT2D eigenvalue weighted by molar-refractivity contribution is 0.622. The normalized spacial score (nSPS) is 11.4. The Kier molecular flexibility index (Phi) is 5.42. The molecule has 2 aromatic heterocycles. The van der Waals surface area contributed by atoms with Gasteiger partial charge in [-0.25, -0.2) is 4.98 Å². The van der Waals surface area contributed by atoms with E-state index in [2.05, 4.69) is 88.8 Å². The summed E-state index contributed by atoms with van der Waals surface area (Å²) in [6, 6.07) is 39.8. The molecule has 0 spiro atoms. The molecule has 0 amide bonds. The number of fused-ring (bicyclic) bond motifs is 5. The number of hydrogen-bond acceptors (Lipinski definition) is 4. The van der Waals surface area contributed by atoms with Crippen molar-refractivity contribution in [3.63, 3.8) is 0 Å². The second-order valence-electron chi connectivity index (χ2n) is 10.1. The first-order chi connectivity index (χ1) is 20.3. The fraction of sp³-hybridized carbons (Fsp3) is 0. The first-order valence-electron chi connectivity index (χ1n) is 13.6. The predicted molar refractivity (Wildman–Crippen MR) is 165 cm³/mol. The van der Waals surface area contributed by atoms with Crippen LogP contribution in [0.3, 0.4) is 0 Å². The van der Waals surface area contributed by atoms with Gasteiger partial charge in [-0.15, -0.1) is 0 Å². The average molecular weight is 526 g/mol. The number of para-hydroxylation sites is 2. The highest BCUT2D eigenvalue weighted by Gasteiger charge is 2.23. The van der Waals surface area contributed by atoms with Crippen LogP contribution in [0.15, 0.2) is 144 Å². The summed E-state index contributed by atoms with van der Waals surface area (Å²) in [6.07, 6.45) is 7.41. The first kappa shape index (κ1) is 23.3. The maximum Gasteiger partial charge on any atom is 0.144 e. The molecule has 2 aliphatic rings. The summed E-state index contributed by atoms with van der Waals surface area (Å²) in [7, 11) is 0. The van der Waals surface area contributed by atoms with Gasteiger partial charge < -0.3 is 4.42 Å². The predicted octanol–water partition coefficient (Wildman–Crippen LogP) is 9.54. The molecule has 0 saturated carbocycles. The molecule has 0 aliphatic carbocycles. The van der Waals surface area contributed by atoms with Crippen LogP contribution >= 0.6 is 0 Å². The molecule has 4 nitrogen and oxygen atoms in total. The topological polar surface area (TPSA) is 51.8 Å². The monoisotopic (exact) mass is 525 g/mol. The summed E-state index contributed by atoms with van der Waals surface area (Å²) in [4.78, 5) is 13.7. The summed E-state index contributed by atoms with van der Waals surface area (Å²) < 4.78 is 6.57. The van der Waals surface area contributed by atoms with Crippen molar-refractivity contribution < 1.29 is 4.42 Å². The Bertz CT molecular complexity index is 2070. The number of pyridine rings is 2. The van der Waals surface area contributed by atoms with Gasteiger partial charge in [-0.2, -0.15) is 0 Å². The molecule has 4 heteroatoms. The SMILES string of the molecule is c1cncc(-c2cc(-c3ccc(-c4oc5ccccc5c5nc6ccccc6c4-5)cc3)cc(-c3cccnc3)c2)c1. The van der Waals surface area contributed by atoms with Crippen LogP contribution in [0.2, 0.25) is 0 Å². The molecular weight excluding hydrogens is 502 g/mol. The highest BCUT2D eigenvalue weighted by Crippen LogP contribution is 2.44. The second-order valence-corrected chi connectivity index (χ2v) is 10.1. The molecule has 0 N–H and O–H groups in total. The molecule has 41 heavy (non-hydrogen) atoms. The summed E-state index contributed by atoms with van der Waals surface area (Å²) >= 11 is 0. The minimum absolute atomic E-state index is 0.826. The maximum absolute atomic E-state index is 6.57. The highest BCUT2D eigenvalue weighted by molar-refractivity contribution is 6.10. The number of aromatic nitrogens is 3. The van der Waals surface area contributed by atoms with Crippen LogP contribution in [0.1, 0.15) is 0 Å². The maximum atomic E-state index is 6.57. The molecule has 2 aliphatic heterocycles. The Hall–Kier alpha value is -5.61. The van der Waals surface area contributed by atoms with Gasteiger partial charge in [0.25, 0.3) is 0 Å². The first-order valence-corrected chi connectivity index (χ1v) is 13.6. The quantitative estimate of drug-likeness (QED) is 0.230. The number of benzene rings is 4. The van der Waals surface area contributed by atoms with Crippen LogP contribution in [0.5, 0.6) is 0 Å². The van der Waals surface area contributed by atoms with E-state index < -0.39 is 0 Å². The van der Waals surface area contributed by atoms with Crippen LogP contribution < -0.4 is 0 Å². The third-order valence-electron chi connectivity index (χ3n) is 7.63. The van der Waals surface area contributed by atoms with Crippen molar-refractivity contribution in [3.8, 4) is 56.0 Å². The van der Waals surface area contributed by atoms with Crippen molar-refractivity contribution in [2.24, 2.45) is 0 Å². The molecule has 0 radical (unpaired) electrons. The van der Waals surface area contributed by atoms with Crippen molar-refractivity contribution in [2.45, 2.75) is 0 Å². The molecule has 0 unspecified atom stereocenters.